The number of carbonyl (C=O) groups excluding carboxylic acids is 1. The third-order valence-electron chi connectivity index (χ3n) is 4.39. The molecular weight excluding hydrogens is 319 g/mol. The van der Waals surface area contributed by atoms with Crippen LogP contribution in [0.4, 0.5) is 4.39 Å². The van der Waals surface area contributed by atoms with E-state index in [4.69, 9.17) is 4.74 Å². The Kier molecular flexibility index (Phi) is 6.14. The fraction of sp³-hybridized carbons (Fsp3) is 0.350. The third kappa shape index (κ3) is 5.11. The molecule has 3 rings (SSSR count). The van der Waals surface area contributed by atoms with Gasteiger partial charge in [-0.05, 0) is 36.1 Å². The molecule has 1 aliphatic rings. The van der Waals surface area contributed by atoms with Crippen molar-refractivity contribution < 1.29 is 13.9 Å². The van der Waals surface area contributed by atoms with E-state index in [-0.39, 0.29) is 30.4 Å². The fourth-order valence-corrected chi connectivity index (χ4v) is 3.04. The fourth-order valence-electron chi connectivity index (χ4n) is 3.04. The van der Waals surface area contributed by atoms with Crippen molar-refractivity contribution >= 4 is 5.91 Å². The van der Waals surface area contributed by atoms with Gasteiger partial charge in [-0.15, -0.1) is 0 Å². The van der Waals surface area contributed by atoms with Crippen LogP contribution in [0.25, 0.3) is 0 Å². The molecule has 2 N–H and O–H groups in total. The normalized spacial score (nSPS) is 16.4. The minimum atomic E-state index is -0.271. The highest BCUT2D eigenvalue weighted by atomic mass is 19.1. The molecule has 1 atom stereocenters. The standard InChI is InChI=1S/C20H23FN2O2/c21-17-8-6-16(7-9-17)20(15-4-2-1-3-5-15)22-14-19(24)23-18-10-12-25-13-11-18/h1-9,18,20,22H,10-14H2,(H,23,24)/t20-/m1/s1. The van der Waals surface area contributed by atoms with Gasteiger partial charge in [-0.1, -0.05) is 42.5 Å². The lowest BCUT2D eigenvalue weighted by Gasteiger charge is -2.24. The molecule has 25 heavy (non-hydrogen) atoms. The molecule has 0 saturated carbocycles. The van der Waals surface area contributed by atoms with E-state index in [1.165, 1.54) is 12.1 Å². The number of amides is 1. The number of carbonyl (C=O) groups is 1. The summed E-state index contributed by atoms with van der Waals surface area (Å²) in [6.07, 6.45) is 1.71. The molecule has 1 saturated heterocycles. The topological polar surface area (TPSA) is 50.4 Å². The van der Waals surface area contributed by atoms with E-state index in [2.05, 4.69) is 10.6 Å². The first-order valence-corrected chi connectivity index (χ1v) is 8.63. The molecule has 1 fully saturated rings. The molecule has 1 heterocycles. The SMILES string of the molecule is O=C(CN[C@H](c1ccccc1)c1ccc(F)cc1)NC1CCOCC1. The van der Waals surface area contributed by atoms with Crippen molar-refractivity contribution in [1.82, 2.24) is 10.6 Å². The molecule has 2 aromatic rings. The number of benzene rings is 2. The Morgan fingerprint density at radius 1 is 1.04 bits per heavy atom. The predicted octanol–water partition coefficient (Wildman–Crippen LogP) is 2.80. The molecule has 0 spiro atoms. The highest BCUT2D eigenvalue weighted by molar-refractivity contribution is 5.78. The maximum atomic E-state index is 13.2. The molecule has 0 unspecified atom stereocenters. The number of hydrogen-bond donors (Lipinski definition) is 2. The Hall–Kier alpha value is -2.24. The van der Waals surface area contributed by atoms with Crippen molar-refractivity contribution in [1.29, 1.82) is 0 Å². The minimum absolute atomic E-state index is 0.0325. The molecule has 2 aromatic carbocycles. The molecule has 0 radical (unpaired) electrons. The Bertz CT molecular complexity index is 670. The Morgan fingerprint density at radius 2 is 1.68 bits per heavy atom. The van der Waals surface area contributed by atoms with Crippen LogP contribution in [0.2, 0.25) is 0 Å². The maximum absolute atomic E-state index is 13.2. The summed E-state index contributed by atoms with van der Waals surface area (Å²) in [5.74, 6) is -0.303. The van der Waals surface area contributed by atoms with Crippen molar-refractivity contribution in [2.45, 2.75) is 24.9 Å². The Balaban J connectivity index is 1.65. The number of halogens is 1. The average Bonchev–Trinajstić information content (AvgIpc) is 2.65. The molecule has 0 aromatic heterocycles. The summed E-state index contributed by atoms with van der Waals surface area (Å²) < 4.78 is 18.5. The second kappa shape index (κ2) is 8.74. The van der Waals surface area contributed by atoms with Crippen molar-refractivity contribution in [3.05, 3.63) is 71.5 Å². The van der Waals surface area contributed by atoms with Gasteiger partial charge in [0.1, 0.15) is 5.82 Å². The van der Waals surface area contributed by atoms with Gasteiger partial charge in [0.25, 0.3) is 0 Å². The molecule has 1 aliphatic heterocycles. The lowest BCUT2D eigenvalue weighted by molar-refractivity contribution is -0.121. The molecule has 1 amide bonds. The lowest BCUT2D eigenvalue weighted by atomic mass is 9.98. The van der Waals surface area contributed by atoms with Gasteiger partial charge in [0.2, 0.25) is 5.91 Å². The highest BCUT2D eigenvalue weighted by Gasteiger charge is 2.18. The molecular formula is C20H23FN2O2. The van der Waals surface area contributed by atoms with E-state index in [0.717, 1.165) is 24.0 Å². The van der Waals surface area contributed by atoms with Gasteiger partial charge < -0.3 is 10.1 Å². The van der Waals surface area contributed by atoms with Gasteiger partial charge in [0.05, 0.1) is 12.6 Å². The summed E-state index contributed by atoms with van der Waals surface area (Å²) in [5.41, 5.74) is 1.96. The average molecular weight is 342 g/mol. The summed E-state index contributed by atoms with van der Waals surface area (Å²) in [7, 11) is 0. The Labute approximate surface area is 147 Å². The van der Waals surface area contributed by atoms with Gasteiger partial charge in [0.15, 0.2) is 0 Å². The van der Waals surface area contributed by atoms with Crippen LogP contribution in [0.3, 0.4) is 0 Å². The summed E-state index contributed by atoms with van der Waals surface area (Å²) in [6.45, 7) is 1.59. The van der Waals surface area contributed by atoms with E-state index in [1.54, 1.807) is 12.1 Å². The quantitative estimate of drug-likeness (QED) is 0.849. The van der Waals surface area contributed by atoms with Gasteiger partial charge in [-0.2, -0.15) is 0 Å². The zero-order valence-corrected chi connectivity index (χ0v) is 14.1. The van der Waals surface area contributed by atoms with E-state index in [9.17, 15) is 9.18 Å². The second-order valence-electron chi connectivity index (χ2n) is 6.23. The van der Waals surface area contributed by atoms with Gasteiger partial charge >= 0.3 is 0 Å². The van der Waals surface area contributed by atoms with Crippen LogP contribution in [0.15, 0.2) is 54.6 Å². The number of ether oxygens (including phenoxy) is 1. The first-order valence-electron chi connectivity index (χ1n) is 8.63. The van der Waals surface area contributed by atoms with E-state index >= 15 is 0 Å². The second-order valence-corrected chi connectivity index (χ2v) is 6.23. The van der Waals surface area contributed by atoms with Gasteiger partial charge in [-0.25, -0.2) is 4.39 Å². The molecule has 132 valence electrons. The summed E-state index contributed by atoms with van der Waals surface area (Å²) in [6, 6.07) is 16.2. The van der Waals surface area contributed by atoms with Crippen LogP contribution in [0, 0.1) is 5.82 Å². The summed E-state index contributed by atoms with van der Waals surface area (Å²) in [4.78, 5) is 12.3. The van der Waals surface area contributed by atoms with Crippen LogP contribution in [-0.4, -0.2) is 31.7 Å². The smallest absolute Gasteiger partial charge is 0.234 e. The van der Waals surface area contributed by atoms with Crippen LogP contribution >= 0.6 is 0 Å². The molecule has 0 bridgehead atoms. The van der Waals surface area contributed by atoms with Crippen molar-refractivity contribution in [2.24, 2.45) is 0 Å². The zero-order valence-electron chi connectivity index (χ0n) is 14.1. The number of nitrogens with one attached hydrogen (secondary N) is 2. The van der Waals surface area contributed by atoms with E-state index in [1.807, 2.05) is 30.3 Å². The maximum Gasteiger partial charge on any atom is 0.234 e. The van der Waals surface area contributed by atoms with Crippen LogP contribution in [-0.2, 0) is 9.53 Å². The molecule has 4 nitrogen and oxygen atoms in total. The number of rotatable bonds is 6. The largest absolute Gasteiger partial charge is 0.381 e. The minimum Gasteiger partial charge on any atom is -0.381 e. The van der Waals surface area contributed by atoms with Gasteiger partial charge in [-0.3, -0.25) is 10.1 Å². The Morgan fingerprint density at radius 3 is 2.36 bits per heavy atom. The van der Waals surface area contributed by atoms with Crippen LogP contribution in [0.5, 0.6) is 0 Å². The van der Waals surface area contributed by atoms with Gasteiger partial charge in [0, 0.05) is 19.3 Å². The monoisotopic (exact) mass is 342 g/mol. The first-order chi connectivity index (χ1) is 12.2. The number of hydrogen-bond acceptors (Lipinski definition) is 3. The first kappa shape index (κ1) is 17.6. The van der Waals surface area contributed by atoms with E-state index < -0.39 is 0 Å². The predicted molar refractivity (Wildman–Crippen MR) is 94.7 cm³/mol. The highest BCUT2D eigenvalue weighted by Crippen LogP contribution is 2.22. The van der Waals surface area contributed by atoms with Crippen molar-refractivity contribution in [3.63, 3.8) is 0 Å². The van der Waals surface area contributed by atoms with Crippen LogP contribution in [0.1, 0.15) is 30.0 Å². The summed E-state index contributed by atoms with van der Waals surface area (Å²) >= 11 is 0. The summed E-state index contributed by atoms with van der Waals surface area (Å²) in [5, 5.41) is 6.34. The van der Waals surface area contributed by atoms with E-state index in [0.29, 0.717) is 13.2 Å². The lowest BCUT2D eigenvalue weighted by Crippen LogP contribution is -2.43. The van der Waals surface area contributed by atoms with Crippen molar-refractivity contribution in [2.75, 3.05) is 19.8 Å². The zero-order chi connectivity index (χ0) is 17.5. The third-order valence-corrected chi connectivity index (χ3v) is 4.39. The van der Waals surface area contributed by atoms with Crippen molar-refractivity contribution in [3.8, 4) is 0 Å². The molecule has 5 heteroatoms. The molecule has 0 aliphatic carbocycles. The van der Waals surface area contributed by atoms with Crippen LogP contribution < -0.4 is 10.6 Å².